The second-order valence-electron chi connectivity index (χ2n) is 4.66. The van der Waals surface area contributed by atoms with Crippen molar-refractivity contribution in [1.29, 1.82) is 0 Å². The summed E-state index contributed by atoms with van der Waals surface area (Å²) in [5.74, 6) is 0.636. The van der Waals surface area contributed by atoms with Crippen LogP contribution in [0.5, 0.6) is 0 Å². The van der Waals surface area contributed by atoms with Gasteiger partial charge in [-0.1, -0.05) is 0 Å². The lowest BCUT2D eigenvalue weighted by Gasteiger charge is -2.01. The second-order valence-corrected chi connectivity index (χ2v) is 4.66. The molecule has 0 N–H and O–H groups in total. The molecule has 0 atom stereocenters. The third kappa shape index (κ3) is 1.69. The van der Waals surface area contributed by atoms with Gasteiger partial charge in [-0.2, -0.15) is 0 Å². The molecular weight excluding hydrogens is 201 g/mol. The molecule has 1 aromatic rings. The second kappa shape index (κ2) is 3.55. The molecule has 0 aromatic heterocycles. The van der Waals surface area contributed by atoms with Gasteiger partial charge in [0.25, 0.3) is 0 Å². The van der Waals surface area contributed by atoms with Gasteiger partial charge in [0.05, 0.1) is 12.3 Å². The maximum atomic E-state index is 13.1. The van der Waals surface area contributed by atoms with Crippen molar-refractivity contribution in [3.05, 3.63) is 46.8 Å². The van der Waals surface area contributed by atoms with Gasteiger partial charge in [0, 0.05) is 5.56 Å². The van der Waals surface area contributed by atoms with Gasteiger partial charge in [-0.3, -0.25) is 4.99 Å². The van der Waals surface area contributed by atoms with Crippen molar-refractivity contribution in [3.63, 3.8) is 0 Å². The number of aliphatic imine (C=N–C) groups is 1. The first kappa shape index (κ1) is 9.76. The fourth-order valence-corrected chi connectivity index (χ4v) is 2.12. The van der Waals surface area contributed by atoms with Crippen LogP contribution in [0.3, 0.4) is 0 Å². The van der Waals surface area contributed by atoms with Crippen LogP contribution < -0.4 is 0 Å². The maximum Gasteiger partial charge on any atom is 0.126 e. The van der Waals surface area contributed by atoms with Crippen molar-refractivity contribution < 1.29 is 4.39 Å². The minimum absolute atomic E-state index is 0.145. The molecule has 0 amide bonds. The summed E-state index contributed by atoms with van der Waals surface area (Å²) in [6.07, 6.45) is 4.82. The van der Waals surface area contributed by atoms with E-state index in [-0.39, 0.29) is 5.82 Å². The summed E-state index contributed by atoms with van der Waals surface area (Å²) in [5.41, 5.74) is 4.20. The highest BCUT2D eigenvalue weighted by molar-refractivity contribution is 6.10. The Hall–Kier alpha value is -1.44. The lowest BCUT2D eigenvalue weighted by atomic mass is 10.1. The highest BCUT2D eigenvalue weighted by atomic mass is 19.1. The summed E-state index contributed by atoms with van der Waals surface area (Å²) >= 11 is 0. The minimum Gasteiger partial charge on any atom is -0.280 e. The number of aryl methyl sites for hydroxylation is 1. The van der Waals surface area contributed by atoms with Crippen molar-refractivity contribution in [2.24, 2.45) is 10.9 Å². The monoisotopic (exact) mass is 215 g/mol. The van der Waals surface area contributed by atoms with Crippen molar-refractivity contribution in [2.75, 3.05) is 6.54 Å². The van der Waals surface area contributed by atoms with Crippen molar-refractivity contribution in [3.8, 4) is 0 Å². The Morgan fingerprint density at radius 2 is 2.12 bits per heavy atom. The molecule has 1 aromatic carbocycles. The number of halogens is 1. The molecule has 1 fully saturated rings. The van der Waals surface area contributed by atoms with E-state index >= 15 is 0 Å². The lowest BCUT2D eigenvalue weighted by molar-refractivity contribution is 0.618. The van der Waals surface area contributed by atoms with Crippen LogP contribution in [0, 0.1) is 18.7 Å². The molecule has 3 rings (SSSR count). The summed E-state index contributed by atoms with van der Waals surface area (Å²) < 4.78 is 13.1. The number of nitrogens with zero attached hydrogens (tertiary/aromatic N) is 1. The Morgan fingerprint density at radius 3 is 2.81 bits per heavy atom. The molecule has 1 nitrogen and oxygen atoms in total. The quantitative estimate of drug-likeness (QED) is 0.718. The van der Waals surface area contributed by atoms with Crippen LogP contribution in [0.15, 0.2) is 34.8 Å². The molecule has 1 aliphatic heterocycles. The number of hydrogen-bond acceptors (Lipinski definition) is 1. The molecule has 0 saturated heterocycles. The summed E-state index contributed by atoms with van der Waals surface area (Å²) in [7, 11) is 0. The molecule has 0 bridgehead atoms. The highest BCUT2D eigenvalue weighted by Crippen LogP contribution is 2.38. The fourth-order valence-electron chi connectivity index (χ4n) is 2.12. The molecule has 1 saturated carbocycles. The van der Waals surface area contributed by atoms with Crippen LogP contribution in [0.1, 0.15) is 24.0 Å². The van der Waals surface area contributed by atoms with Crippen LogP contribution in [0.4, 0.5) is 4.39 Å². The summed E-state index contributed by atoms with van der Waals surface area (Å²) in [5, 5.41) is 0. The van der Waals surface area contributed by atoms with Crippen molar-refractivity contribution >= 4 is 5.71 Å². The Bertz CT molecular complexity index is 495. The van der Waals surface area contributed by atoms with E-state index in [2.05, 4.69) is 11.1 Å². The average Bonchev–Trinajstić information content (AvgIpc) is 3.01. The van der Waals surface area contributed by atoms with Crippen LogP contribution in [-0.4, -0.2) is 12.3 Å². The number of benzene rings is 1. The smallest absolute Gasteiger partial charge is 0.126 e. The van der Waals surface area contributed by atoms with Gasteiger partial charge in [-0.25, -0.2) is 4.39 Å². The zero-order valence-corrected chi connectivity index (χ0v) is 9.33. The minimum atomic E-state index is -0.145. The first-order chi connectivity index (χ1) is 7.74. The van der Waals surface area contributed by atoms with E-state index in [0.717, 1.165) is 23.7 Å². The predicted molar refractivity (Wildman–Crippen MR) is 63.3 cm³/mol. The third-order valence-electron chi connectivity index (χ3n) is 3.31. The summed E-state index contributed by atoms with van der Waals surface area (Å²) in [6.45, 7) is 2.64. The predicted octanol–water partition coefficient (Wildman–Crippen LogP) is 3.27. The van der Waals surface area contributed by atoms with Crippen molar-refractivity contribution in [2.45, 2.75) is 19.8 Å². The fraction of sp³-hybridized carbons (Fsp3) is 0.357. The molecule has 2 heteroatoms. The zero-order valence-electron chi connectivity index (χ0n) is 9.33. The van der Waals surface area contributed by atoms with Gasteiger partial charge >= 0.3 is 0 Å². The van der Waals surface area contributed by atoms with Crippen LogP contribution in [0.25, 0.3) is 0 Å². The molecule has 1 heterocycles. The van der Waals surface area contributed by atoms with Gasteiger partial charge in [-0.05, 0) is 61.1 Å². The Balaban J connectivity index is 1.90. The number of rotatable bonds is 2. The Labute approximate surface area is 94.7 Å². The topological polar surface area (TPSA) is 12.4 Å². The van der Waals surface area contributed by atoms with E-state index in [4.69, 9.17) is 0 Å². The SMILES string of the molecule is Cc1cc(C2=NCC(C3CC3)=C2)ccc1F. The summed E-state index contributed by atoms with van der Waals surface area (Å²) in [4.78, 5) is 4.52. The van der Waals surface area contributed by atoms with Gasteiger partial charge in [0.15, 0.2) is 0 Å². The molecule has 16 heavy (non-hydrogen) atoms. The van der Waals surface area contributed by atoms with E-state index in [0.29, 0.717) is 5.56 Å². The van der Waals surface area contributed by atoms with Gasteiger partial charge in [0.1, 0.15) is 5.82 Å². The molecule has 1 aliphatic carbocycles. The Morgan fingerprint density at radius 1 is 1.31 bits per heavy atom. The van der Waals surface area contributed by atoms with E-state index in [1.165, 1.54) is 24.5 Å². The first-order valence-electron chi connectivity index (χ1n) is 5.75. The van der Waals surface area contributed by atoms with E-state index in [9.17, 15) is 4.39 Å². The first-order valence-corrected chi connectivity index (χ1v) is 5.75. The van der Waals surface area contributed by atoms with E-state index < -0.39 is 0 Å². The molecule has 2 aliphatic rings. The standard InChI is InChI=1S/C14H14FN/c1-9-6-11(4-5-13(9)15)14-7-12(8-16-14)10-2-3-10/h4-7,10H,2-3,8H2,1H3. The largest absolute Gasteiger partial charge is 0.280 e. The lowest BCUT2D eigenvalue weighted by Crippen LogP contribution is -1.96. The van der Waals surface area contributed by atoms with Crippen LogP contribution in [0.2, 0.25) is 0 Å². The van der Waals surface area contributed by atoms with Gasteiger partial charge < -0.3 is 0 Å². The van der Waals surface area contributed by atoms with E-state index in [1.54, 1.807) is 6.92 Å². The third-order valence-corrected chi connectivity index (χ3v) is 3.31. The van der Waals surface area contributed by atoms with Crippen molar-refractivity contribution in [1.82, 2.24) is 0 Å². The molecule has 0 unspecified atom stereocenters. The maximum absolute atomic E-state index is 13.1. The average molecular weight is 215 g/mol. The molecular formula is C14H14FN. The van der Waals surface area contributed by atoms with Crippen LogP contribution in [-0.2, 0) is 0 Å². The highest BCUT2D eigenvalue weighted by Gasteiger charge is 2.28. The van der Waals surface area contributed by atoms with Crippen LogP contribution >= 0.6 is 0 Å². The number of allylic oxidation sites excluding steroid dienone is 1. The van der Waals surface area contributed by atoms with Gasteiger partial charge in [-0.15, -0.1) is 0 Å². The normalized spacial score (nSPS) is 19.6. The zero-order chi connectivity index (χ0) is 11.1. The Kier molecular flexibility index (Phi) is 2.16. The molecule has 0 radical (unpaired) electrons. The summed E-state index contributed by atoms with van der Waals surface area (Å²) in [6, 6.07) is 5.21. The van der Waals surface area contributed by atoms with Gasteiger partial charge in [0.2, 0.25) is 0 Å². The van der Waals surface area contributed by atoms with E-state index in [1.807, 2.05) is 12.1 Å². The molecule has 0 spiro atoms. The number of hydrogen-bond donors (Lipinski definition) is 0. The molecule has 82 valence electrons.